The lowest BCUT2D eigenvalue weighted by Crippen LogP contribution is -2.30. The molecule has 0 fully saturated rings. The Morgan fingerprint density at radius 3 is 0.710 bits per heavy atom. The quantitative estimate of drug-likeness (QED) is 0.0222. The summed E-state index contributed by atoms with van der Waals surface area (Å²) in [6, 6.07) is 0. The van der Waals surface area contributed by atoms with Crippen molar-refractivity contribution in [2.75, 3.05) is 39.6 Å². The van der Waals surface area contributed by atoms with E-state index in [1.165, 1.54) is 276 Å². The second-order valence-electron chi connectivity index (χ2n) is 32.6. The Hall–Kier alpha value is -1.94. The van der Waals surface area contributed by atoms with Crippen LogP contribution < -0.4 is 0 Å². The summed E-state index contributed by atoms with van der Waals surface area (Å²) in [5, 5.41) is 10.7. The van der Waals surface area contributed by atoms with Crippen molar-refractivity contribution in [1.82, 2.24) is 0 Å². The third-order valence-corrected chi connectivity index (χ3v) is 23.3. The van der Waals surface area contributed by atoms with Crippen molar-refractivity contribution in [1.29, 1.82) is 0 Å². The monoisotopic (exact) mass is 1560 g/mol. The highest BCUT2D eigenvalue weighted by molar-refractivity contribution is 7.47. The highest BCUT2D eigenvalue weighted by Gasteiger charge is 2.31. The summed E-state index contributed by atoms with van der Waals surface area (Å²) in [5.41, 5.74) is 0. The van der Waals surface area contributed by atoms with Gasteiger partial charge in [-0.05, 0) is 43.4 Å². The zero-order valence-corrected chi connectivity index (χ0v) is 72.4. The van der Waals surface area contributed by atoms with Crippen molar-refractivity contribution in [2.24, 2.45) is 17.8 Å². The lowest BCUT2D eigenvalue weighted by molar-refractivity contribution is -0.161. The zero-order chi connectivity index (χ0) is 78.6. The number of phosphoric acid groups is 2. The summed E-state index contributed by atoms with van der Waals surface area (Å²) in [4.78, 5) is 73.4. The lowest BCUT2D eigenvalue weighted by Gasteiger charge is -2.21. The molecule has 0 saturated carbocycles. The highest BCUT2D eigenvalue weighted by Crippen LogP contribution is 2.45. The molecule has 636 valence electrons. The van der Waals surface area contributed by atoms with Crippen molar-refractivity contribution in [3.63, 3.8) is 0 Å². The van der Waals surface area contributed by atoms with Crippen LogP contribution in [-0.4, -0.2) is 96.7 Å². The zero-order valence-electron chi connectivity index (χ0n) is 70.6. The fourth-order valence-electron chi connectivity index (χ4n) is 13.7. The van der Waals surface area contributed by atoms with E-state index in [1.54, 1.807) is 0 Å². The van der Waals surface area contributed by atoms with Crippen LogP contribution in [0.5, 0.6) is 0 Å². The Labute approximate surface area is 658 Å². The Morgan fingerprint density at radius 1 is 0.271 bits per heavy atom. The molecular formula is C88H172O17P2. The minimum atomic E-state index is -4.97. The molecule has 0 aliphatic carbocycles. The van der Waals surface area contributed by atoms with E-state index in [0.29, 0.717) is 25.7 Å². The maximum absolute atomic E-state index is 13.2. The van der Waals surface area contributed by atoms with Crippen LogP contribution in [0.15, 0.2) is 0 Å². The van der Waals surface area contributed by atoms with Crippen LogP contribution in [0.25, 0.3) is 0 Å². The summed E-state index contributed by atoms with van der Waals surface area (Å²) < 4.78 is 69.0. The lowest BCUT2D eigenvalue weighted by atomic mass is 9.99. The average Bonchev–Trinajstić information content (AvgIpc) is 0.901. The van der Waals surface area contributed by atoms with Gasteiger partial charge in [0.05, 0.1) is 26.4 Å². The van der Waals surface area contributed by atoms with Gasteiger partial charge in [0, 0.05) is 25.7 Å². The van der Waals surface area contributed by atoms with Crippen LogP contribution >= 0.6 is 15.6 Å². The minimum absolute atomic E-state index is 0.108. The molecular weight excluding hydrogens is 1390 g/mol. The van der Waals surface area contributed by atoms with Crippen LogP contribution in [0.3, 0.4) is 0 Å². The summed E-state index contributed by atoms with van der Waals surface area (Å²) in [7, 11) is -9.93. The van der Waals surface area contributed by atoms with E-state index >= 15 is 0 Å². The predicted molar refractivity (Wildman–Crippen MR) is 441 cm³/mol. The number of aliphatic hydroxyl groups is 1. The Kier molecular flexibility index (Phi) is 76.6. The maximum atomic E-state index is 13.2. The minimum Gasteiger partial charge on any atom is -0.462 e. The second kappa shape index (κ2) is 78.0. The molecule has 0 aromatic rings. The van der Waals surface area contributed by atoms with Gasteiger partial charge in [0.25, 0.3) is 0 Å². The largest absolute Gasteiger partial charge is 0.472 e. The molecule has 0 aromatic heterocycles. The molecule has 0 saturated heterocycles. The second-order valence-corrected chi connectivity index (χ2v) is 35.5. The van der Waals surface area contributed by atoms with Crippen LogP contribution in [-0.2, 0) is 65.4 Å². The van der Waals surface area contributed by atoms with Gasteiger partial charge in [0.2, 0.25) is 0 Å². The first-order chi connectivity index (χ1) is 51.8. The molecule has 7 atom stereocenters. The molecule has 0 bridgehead atoms. The first-order valence-electron chi connectivity index (χ1n) is 45.4. The van der Waals surface area contributed by atoms with Gasteiger partial charge < -0.3 is 33.8 Å². The van der Waals surface area contributed by atoms with Crippen molar-refractivity contribution in [3.05, 3.63) is 0 Å². The molecule has 0 aliphatic heterocycles. The summed E-state index contributed by atoms with van der Waals surface area (Å²) in [6.07, 6.45) is 69.1. The Balaban J connectivity index is 5.28. The molecule has 107 heavy (non-hydrogen) atoms. The molecule has 0 spiro atoms. The fourth-order valence-corrected chi connectivity index (χ4v) is 15.2. The molecule has 17 nitrogen and oxygen atoms in total. The average molecular weight is 1560 g/mol. The van der Waals surface area contributed by atoms with Gasteiger partial charge in [-0.2, -0.15) is 0 Å². The number of aliphatic hydroxyl groups excluding tert-OH is 1. The van der Waals surface area contributed by atoms with Crippen molar-refractivity contribution < 1.29 is 80.2 Å². The van der Waals surface area contributed by atoms with E-state index in [0.717, 1.165) is 108 Å². The van der Waals surface area contributed by atoms with E-state index in [1.807, 2.05) is 0 Å². The molecule has 0 aromatic carbocycles. The number of ether oxygens (including phenoxy) is 4. The summed E-state index contributed by atoms with van der Waals surface area (Å²) in [6.45, 7) is 12.1. The third-order valence-electron chi connectivity index (χ3n) is 21.4. The van der Waals surface area contributed by atoms with E-state index in [-0.39, 0.29) is 25.7 Å². The molecule has 0 heterocycles. The molecule has 19 heteroatoms. The van der Waals surface area contributed by atoms with Gasteiger partial charge in [0.1, 0.15) is 19.3 Å². The first kappa shape index (κ1) is 105. The topological polar surface area (TPSA) is 237 Å². The van der Waals surface area contributed by atoms with E-state index in [4.69, 9.17) is 37.0 Å². The van der Waals surface area contributed by atoms with Crippen molar-refractivity contribution >= 4 is 39.5 Å². The number of esters is 4. The van der Waals surface area contributed by atoms with Crippen LogP contribution in [0.4, 0.5) is 0 Å². The normalized spacial score (nSPS) is 14.3. The Morgan fingerprint density at radius 2 is 0.477 bits per heavy atom. The van der Waals surface area contributed by atoms with E-state index < -0.39 is 97.5 Å². The summed E-state index contributed by atoms with van der Waals surface area (Å²) in [5.74, 6) is 0.399. The molecule has 3 N–H and O–H groups in total. The van der Waals surface area contributed by atoms with Gasteiger partial charge in [0.15, 0.2) is 12.2 Å². The highest BCUT2D eigenvalue weighted by atomic mass is 31.2. The standard InChI is InChI=1S/C88H172O17P2/c1-8-11-12-13-14-15-16-24-34-41-48-55-62-69-85(90)98-75-83(105-88(93)72-65-58-51-44-37-30-23-21-27-33-40-47-54-61-68-81(7)10-3)77-102-106(94,95)100-73-82(89)74-101-107(96,97)103-78-84(104-87(92)71-64-57-50-43-36-29-19-17-18-25-31-38-45-52-59-66-79(4)5)76-99-86(91)70-63-56-49-42-35-28-22-20-26-32-39-46-53-60-67-80(6)9-2/h79-84,89H,8-78H2,1-7H3,(H,94,95)(H,96,97)/t80?,81?,82-,83+,84+/m0/s1. The smallest absolute Gasteiger partial charge is 0.462 e. The number of carbonyl (C=O) groups is 4. The Bertz CT molecular complexity index is 2060. The first-order valence-corrected chi connectivity index (χ1v) is 48.4. The number of rotatable bonds is 86. The van der Waals surface area contributed by atoms with Gasteiger partial charge in [-0.25, -0.2) is 9.13 Å². The number of carbonyl (C=O) groups excluding carboxylic acids is 4. The van der Waals surface area contributed by atoms with Crippen LogP contribution in [0.1, 0.15) is 466 Å². The van der Waals surface area contributed by atoms with Gasteiger partial charge in [-0.3, -0.25) is 37.3 Å². The van der Waals surface area contributed by atoms with Crippen molar-refractivity contribution in [2.45, 2.75) is 484 Å². The maximum Gasteiger partial charge on any atom is 0.472 e. The van der Waals surface area contributed by atoms with E-state index in [9.17, 15) is 43.2 Å². The van der Waals surface area contributed by atoms with Crippen molar-refractivity contribution in [3.8, 4) is 0 Å². The molecule has 4 unspecified atom stereocenters. The number of hydrogen-bond donors (Lipinski definition) is 3. The fraction of sp³-hybridized carbons (Fsp3) is 0.955. The van der Waals surface area contributed by atoms with Gasteiger partial charge >= 0.3 is 39.5 Å². The van der Waals surface area contributed by atoms with Gasteiger partial charge in [-0.1, -0.05) is 414 Å². The number of unbranched alkanes of at least 4 members (excludes halogenated alkanes) is 52. The third kappa shape index (κ3) is 79.1. The van der Waals surface area contributed by atoms with Crippen LogP contribution in [0, 0.1) is 17.8 Å². The molecule has 0 aliphatic rings. The predicted octanol–water partition coefficient (Wildman–Crippen LogP) is 26.9. The number of hydrogen-bond acceptors (Lipinski definition) is 15. The SMILES string of the molecule is CCCCCCCCCCCCCCCC(=O)OC[C@H](COP(=O)(O)OC[C@H](O)COP(=O)(O)OC[C@@H](COC(=O)CCCCCCCCCCCCCCCCC(C)CC)OC(=O)CCCCCCCCCCCCCCCCCC(C)C)OC(=O)CCCCCCCCCCCCCCCCC(C)CC. The van der Waals surface area contributed by atoms with Crippen LogP contribution in [0.2, 0.25) is 0 Å². The number of phosphoric ester groups is 2. The van der Waals surface area contributed by atoms with Gasteiger partial charge in [-0.15, -0.1) is 0 Å². The summed E-state index contributed by atoms with van der Waals surface area (Å²) >= 11 is 0. The molecule has 0 rings (SSSR count). The van der Waals surface area contributed by atoms with E-state index in [2.05, 4.69) is 48.5 Å². The molecule has 0 radical (unpaired) electrons. The molecule has 0 amide bonds.